The molecule has 0 aliphatic carbocycles. The molecular weight excluding hydrogens is 363 g/mol. The first kappa shape index (κ1) is 31.4. The first-order valence-corrected chi connectivity index (χ1v) is 10.4. The number of benzene rings is 2. The molecule has 2 aromatic carbocycles. The van der Waals surface area contributed by atoms with Crippen LogP contribution in [0.3, 0.4) is 0 Å². The summed E-state index contributed by atoms with van der Waals surface area (Å²) in [5.41, 5.74) is -0.142. The Hall–Kier alpha value is -2.30. The molecule has 0 amide bonds. The molecule has 0 aliphatic rings. The van der Waals surface area contributed by atoms with E-state index >= 15 is 0 Å². The van der Waals surface area contributed by atoms with Crippen LogP contribution in [-0.4, -0.2) is 23.9 Å². The predicted molar refractivity (Wildman–Crippen MR) is 126 cm³/mol. The van der Waals surface area contributed by atoms with Crippen molar-refractivity contribution in [3.63, 3.8) is 0 Å². The lowest BCUT2D eigenvalue weighted by Crippen LogP contribution is -2.26. The standard InChI is InChI=1S/C11H16O2.C6H5BO2.C3H8.2C2H6/c1-4-11(2,3)13-10-7-5-9(12)6-8-10;7-9-6-3-1-5(8)2-4-6;1-3-2;2*1-2/h5-8,12H,4H2,1-3H3;1-4,8H;3H2,1-2H3;2*1-2H3. The van der Waals surface area contributed by atoms with E-state index in [1.54, 1.807) is 36.4 Å². The van der Waals surface area contributed by atoms with E-state index in [1.165, 1.54) is 18.6 Å². The van der Waals surface area contributed by atoms with Crippen molar-refractivity contribution in [1.29, 1.82) is 0 Å². The molecule has 0 fully saturated rings. The first-order valence-electron chi connectivity index (χ1n) is 10.4. The monoisotopic (exact) mass is 404 g/mol. The van der Waals surface area contributed by atoms with E-state index in [9.17, 15) is 0 Å². The van der Waals surface area contributed by atoms with Crippen molar-refractivity contribution < 1.29 is 19.6 Å². The molecule has 2 aromatic rings. The number of phenols is 2. The zero-order chi connectivity index (χ0) is 23.3. The van der Waals surface area contributed by atoms with Crippen molar-refractivity contribution in [2.45, 2.75) is 80.8 Å². The van der Waals surface area contributed by atoms with Gasteiger partial charge in [0.25, 0.3) is 0 Å². The van der Waals surface area contributed by atoms with Crippen LogP contribution in [0.5, 0.6) is 23.0 Å². The van der Waals surface area contributed by atoms with Crippen molar-refractivity contribution in [2.75, 3.05) is 0 Å². The highest BCUT2D eigenvalue weighted by atomic mass is 16.5. The van der Waals surface area contributed by atoms with Crippen molar-refractivity contribution in [2.24, 2.45) is 0 Å². The van der Waals surface area contributed by atoms with Gasteiger partial charge >= 0.3 is 8.05 Å². The van der Waals surface area contributed by atoms with Gasteiger partial charge in [-0.2, -0.15) is 0 Å². The van der Waals surface area contributed by atoms with Gasteiger partial charge in [0, 0.05) is 0 Å². The lowest BCUT2D eigenvalue weighted by atomic mass is 10.1. The van der Waals surface area contributed by atoms with Gasteiger partial charge in [0.2, 0.25) is 0 Å². The molecule has 0 saturated carbocycles. The highest BCUT2D eigenvalue weighted by Crippen LogP contribution is 2.22. The largest absolute Gasteiger partial charge is 0.568 e. The fourth-order valence-corrected chi connectivity index (χ4v) is 1.43. The minimum absolute atomic E-state index is 0.142. The maximum absolute atomic E-state index is 9.06. The SMILES string of the molecule is CC.CC.CCC.CCC(C)(C)Oc1ccc(O)cc1.[B]Oc1ccc(O)cc1. The van der Waals surface area contributed by atoms with Gasteiger partial charge in [0.05, 0.1) is 5.75 Å². The lowest BCUT2D eigenvalue weighted by Gasteiger charge is -2.24. The van der Waals surface area contributed by atoms with E-state index < -0.39 is 0 Å². The first-order chi connectivity index (χ1) is 13.8. The molecule has 0 unspecified atom stereocenters. The Kier molecular flexibility index (Phi) is 22.1. The van der Waals surface area contributed by atoms with Gasteiger partial charge in [-0.1, -0.05) is 54.9 Å². The molecule has 0 saturated heterocycles. The smallest absolute Gasteiger partial charge is 0.374 e. The molecule has 164 valence electrons. The molecule has 0 heterocycles. The van der Waals surface area contributed by atoms with Crippen LogP contribution in [0.2, 0.25) is 0 Å². The van der Waals surface area contributed by atoms with E-state index in [1.807, 2.05) is 41.5 Å². The molecule has 4 nitrogen and oxygen atoms in total. The molecule has 2 rings (SSSR count). The molecule has 2 N–H and O–H groups in total. The fourth-order valence-electron chi connectivity index (χ4n) is 1.43. The molecule has 0 aromatic heterocycles. The summed E-state index contributed by atoms with van der Waals surface area (Å²) in [6.07, 6.45) is 2.20. The Balaban J connectivity index is -0.000000368. The summed E-state index contributed by atoms with van der Waals surface area (Å²) in [6.45, 7) is 18.4. The van der Waals surface area contributed by atoms with Crippen LogP contribution in [0.4, 0.5) is 0 Å². The number of rotatable bonds is 4. The second-order valence-corrected chi connectivity index (χ2v) is 6.03. The average molecular weight is 404 g/mol. The Bertz CT molecular complexity index is 566. The zero-order valence-corrected chi connectivity index (χ0v) is 19.8. The van der Waals surface area contributed by atoms with Crippen LogP contribution in [0, 0.1) is 0 Å². The quantitative estimate of drug-likeness (QED) is 0.526. The van der Waals surface area contributed by atoms with E-state index in [2.05, 4.69) is 25.4 Å². The molecule has 0 bridgehead atoms. The van der Waals surface area contributed by atoms with E-state index in [0.29, 0.717) is 5.75 Å². The molecular formula is C24H41BO4. The van der Waals surface area contributed by atoms with Gasteiger partial charge in [-0.25, -0.2) is 0 Å². The van der Waals surface area contributed by atoms with E-state index in [-0.39, 0.29) is 17.1 Å². The maximum Gasteiger partial charge on any atom is 0.374 e. The topological polar surface area (TPSA) is 58.9 Å². The Morgan fingerprint density at radius 1 is 0.724 bits per heavy atom. The number of ether oxygens (including phenoxy) is 1. The summed E-state index contributed by atoms with van der Waals surface area (Å²) in [7, 11) is 4.82. The van der Waals surface area contributed by atoms with Gasteiger partial charge in [-0.3, -0.25) is 0 Å². The summed E-state index contributed by atoms with van der Waals surface area (Å²) in [5, 5.41) is 17.8. The second kappa shape index (κ2) is 20.4. The number of hydrogen-bond donors (Lipinski definition) is 2. The van der Waals surface area contributed by atoms with Crippen LogP contribution in [0.15, 0.2) is 48.5 Å². The fraction of sp³-hybridized carbons (Fsp3) is 0.500. The third-order valence-electron chi connectivity index (χ3n) is 3.06. The summed E-state index contributed by atoms with van der Waals surface area (Å²) in [4.78, 5) is 0. The van der Waals surface area contributed by atoms with Gasteiger partial charge in [0.1, 0.15) is 22.8 Å². The number of hydrogen-bond acceptors (Lipinski definition) is 4. The molecule has 5 heteroatoms. The van der Waals surface area contributed by atoms with Crippen LogP contribution < -0.4 is 9.39 Å². The Morgan fingerprint density at radius 3 is 1.31 bits per heavy atom. The average Bonchev–Trinajstić information content (AvgIpc) is 2.74. The minimum Gasteiger partial charge on any atom is -0.568 e. The molecule has 0 aliphatic heterocycles. The second-order valence-electron chi connectivity index (χ2n) is 6.03. The summed E-state index contributed by atoms with van der Waals surface area (Å²) in [6, 6.07) is 13.0. The minimum atomic E-state index is -0.142. The lowest BCUT2D eigenvalue weighted by molar-refractivity contribution is 0.105. The van der Waals surface area contributed by atoms with Crippen LogP contribution in [0.1, 0.15) is 75.2 Å². The molecule has 2 radical (unpaired) electrons. The van der Waals surface area contributed by atoms with E-state index in [4.69, 9.17) is 23.0 Å². The Labute approximate surface area is 180 Å². The van der Waals surface area contributed by atoms with Crippen molar-refractivity contribution in [3.05, 3.63) is 48.5 Å². The third kappa shape index (κ3) is 18.8. The molecule has 0 atom stereocenters. The van der Waals surface area contributed by atoms with Gasteiger partial charge in [0.15, 0.2) is 0 Å². The highest BCUT2D eigenvalue weighted by molar-refractivity contribution is 5.99. The van der Waals surface area contributed by atoms with Crippen LogP contribution in [-0.2, 0) is 0 Å². The molecule has 0 spiro atoms. The van der Waals surface area contributed by atoms with Gasteiger partial charge in [-0.05, 0) is 68.8 Å². The number of aromatic hydroxyl groups is 2. The normalized spacial score (nSPS) is 8.86. The molecule has 29 heavy (non-hydrogen) atoms. The number of phenolic OH excluding ortho intramolecular Hbond substituents is 2. The summed E-state index contributed by atoms with van der Waals surface area (Å²) in [5.74, 6) is 1.80. The third-order valence-corrected chi connectivity index (χ3v) is 3.06. The van der Waals surface area contributed by atoms with Crippen molar-refractivity contribution in [1.82, 2.24) is 0 Å². The van der Waals surface area contributed by atoms with Crippen LogP contribution in [0.25, 0.3) is 0 Å². The van der Waals surface area contributed by atoms with E-state index in [0.717, 1.165) is 12.2 Å². The maximum atomic E-state index is 9.06. The summed E-state index contributed by atoms with van der Waals surface area (Å²) >= 11 is 0. The van der Waals surface area contributed by atoms with Crippen molar-refractivity contribution >= 4 is 8.05 Å². The van der Waals surface area contributed by atoms with Crippen molar-refractivity contribution in [3.8, 4) is 23.0 Å². The highest BCUT2D eigenvalue weighted by Gasteiger charge is 2.16. The Morgan fingerprint density at radius 2 is 1.03 bits per heavy atom. The van der Waals surface area contributed by atoms with Gasteiger partial charge in [-0.15, -0.1) is 0 Å². The summed E-state index contributed by atoms with van der Waals surface area (Å²) < 4.78 is 10.1. The zero-order valence-electron chi connectivity index (χ0n) is 19.8. The van der Waals surface area contributed by atoms with Crippen LogP contribution >= 0.6 is 0 Å². The predicted octanol–water partition coefficient (Wildman–Crippen LogP) is 7.28. The van der Waals surface area contributed by atoms with Gasteiger partial charge < -0.3 is 19.6 Å².